The third-order valence-electron chi connectivity index (χ3n) is 3.90. The summed E-state index contributed by atoms with van der Waals surface area (Å²) in [7, 11) is 0. The Morgan fingerprint density at radius 1 is 1.17 bits per heavy atom. The molecule has 1 aromatic carbocycles. The molecule has 0 radical (unpaired) electrons. The number of carbonyl (C=O) groups is 2. The van der Waals surface area contributed by atoms with Crippen LogP contribution in [-0.4, -0.2) is 28.5 Å². The van der Waals surface area contributed by atoms with Crippen LogP contribution in [0.5, 0.6) is 0 Å². The number of amides is 1. The van der Waals surface area contributed by atoms with Crippen LogP contribution in [0.3, 0.4) is 0 Å². The number of aryl methyl sites for hydroxylation is 1. The molecule has 1 aromatic heterocycles. The maximum atomic E-state index is 12.3. The summed E-state index contributed by atoms with van der Waals surface area (Å²) in [5, 5.41) is 11.8. The van der Waals surface area contributed by atoms with Crippen molar-refractivity contribution in [3.63, 3.8) is 0 Å². The average Bonchev–Trinajstić information content (AvgIpc) is 2.58. The summed E-state index contributed by atoms with van der Waals surface area (Å²) >= 11 is 0. The summed E-state index contributed by atoms with van der Waals surface area (Å²) in [6.45, 7) is 3.83. The van der Waals surface area contributed by atoms with Gasteiger partial charge < -0.3 is 10.4 Å². The first-order valence-electron chi connectivity index (χ1n) is 8.07. The molecule has 126 valence electrons. The fourth-order valence-electron chi connectivity index (χ4n) is 2.54. The molecule has 2 N–H and O–H groups in total. The first-order valence-corrected chi connectivity index (χ1v) is 8.07. The molecule has 1 unspecified atom stereocenters. The van der Waals surface area contributed by atoms with Crippen LogP contribution in [-0.2, 0) is 4.79 Å². The number of carbonyl (C=O) groups excluding carboxylic acids is 1. The summed E-state index contributed by atoms with van der Waals surface area (Å²) in [6, 6.07) is 13.3. The average molecular weight is 326 g/mol. The molecular weight excluding hydrogens is 304 g/mol. The molecule has 0 spiro atoms. The minimum absolute atomic E-state index is 0.127. The highest BCUT2D eigenvalue weighted by molar-refractivity contribution is 5.95. The lowest BCUT2D eigenvalue weighted by Crippen LogP contribution is -2.33. The predicted octanol–water partition coefficient (Wildman–Crippen LogP) is 3.29. The third kappa shape index (κ3) is 4.41. The quantitative estimate of drug-likeness (QED) is 0.818. The number of nitrogens with one attached hydrogen (secondary N) is 1. The van der Waals surface area contributed by atoms with E-state index in [1.807, 2.05) is 37.3 Å². The zero-order chi connectivity index (χ0) is 17.5. The molecule has 5 heteroatoms. The Hall–Kier alpha value is -2.69. The number of hydrogen-bond donors (Lipinski definition) is 2. The molecule has 2 aromatic rings. The molecule has 0 aliphatic rings. The van der Waals surface area contributed by atoms with E-state index in [1.54, 1.807) is 19.1 Å². The van der Waals surface area contributed by atoms with Gasteiger partial charge in [-0.25, -0.2) is 0 Å². The number of aromatic nitrogens is 1. The highest BCUT2D eigenvalue weighted by atomic mass is 16.4. The Morgan fingerprint density at radius 2 is 1.88 bits per heavy atom. The highest BCUT2D eigenvalue weighted by Gasteiger charge is 2.18. The number of carboxylic acid groups (broad SMARTS) is 1. The third-order valence-corrected chi connectivity index (χ3v) is 3.90. The molecule has 2 rings (SSSR count). The van der Waals surface area contributed by atoms with E-state index in [0.29, 0.717) is 17.7 Å². The van der Waals surface area contributed by atoms with E-state index >= 15 is 0 Å². The minimum Gasteiger partial charge on any atom is -0.481 e. The molecule has 0 saturated heterocycles. The van der Waals surface area contributed by atoms with Gasteiger partial charge in [0.2, 0.25) is 0 Å². The number of rotatable bonds is 7. The van der Waals surface area contributed by atoms with E-state index < -0.39 is 11.9 Å². The van der Waals surface area contributed by atoms with Crippen molar-refractivity contribution < 1.29 is 14.7 Å². The van der Waals surface area contributed by atoms with Crippen molar-refractivity contribution in [3.05, 3.63) is 53.7 Å². The second kappa shape index (κ2) is 8.24. The van der Waals surface area contributed by atoms with Gasteiger partial charge in [0.05, 0.1) is 22.9 Å². The van der Waals surface area contributed by atoms with Gasteiger partial charge in [-0.3, -0.25) is 14.6 Å². The highest BCUT2D eigenvalue weighted by Crippen LogP contribution is 2.18. The second-order valence-electron chi connectivity index (χ2n) is 5.73. The van der Waals surface area contributed by atoms with Crippen LogP contribution in [0.1, 0.15) is 35.8 Å². The maximum absolute atomic E-state index is 12.3. The van der Waals surface area contributed by atoms with Crippen LogP contribution < -0.4 is 5.32 Å². The van der Waals surface area contributed by atoms with Crippen LogP contribution in [0.25, 0.3) is 11.3 Å². The first kappa shape index (κ1) is 17.7. The lowest BCUT2D eigenvalue weighted by atomic mass is 10.0. The number of hydrogen-bond acceptors (Lipinski definition) is 3. The molecule has 0 aliphatic carbocycles. The van der Waals surface area contributed by atoms with Crippen molar-refractivity contribution in [2.45, 2.75) is 26.7 Å². The van der Waals surface area contributed by atoms with Gasteiger partial charge in [-0.2, -0.15) is 0 Å². The lowest BCUT2D eigenvalue weighted by molar-refractivity contribution is -0.141. The molecule has 0 aliphatic heterocycles. The molecule has 5 nitrogen and oxygen atoms in total. The van der Waals surface area contributed by atoms with E-state index in [2.05, 4.69) is 10.3 Å². The van der Waals surface area contributed by atoms with Gasteiger partial charge in [0.15, 0.2) is 0 Å². The van der Waals surface area contributed by atoms with E-state index in [4.69, 9.17) is 5.11 Å². The van der Waals surface area contributed by atoms with E-state index in [1.165, 1.54) is 0 Å². The van der Waals surface area contributed by atoms with Crippen LogP contribution in [0, 0.1) is 12.8 Å². The molecule has 0 saturated carbocycles. The Balaban J connectivity index is 2.09. The van der Waals surface area contributed by atoms with Crippen LogP contribution in [0.2, 0.25) is 0 Å². The van der Waals surface area contributed by atoms with Crippen molar-refractivity contribution >= 4 is 11.9 Å². The number of benzene rings is 1. The molecule has 1 amide bonds. The maximum Gasteiger partial charge on any atom is 0.308 e. The summed E-state index contributed by atoms with van der Waals surface area (Å²) < 4.78 is 0. The molecule has 0 fully saturated rings. The smallest absolute Gasteiger partial charge is 0.308 e. The fraction of sp³-hybridized carbons (Fsp3) is 0.316. The summed E-state index contributed by atoms with van der Waals surface area (Å²) in [6.07, 6.45) is 1.30. The van der Waals surface area contributed by atoms with Gasteiger partial charge >= 0.3 is 5.97 Å². The monoisotopic (exact) mass is 326 g/mol. The Kier molecular flexibility index (Phi) is 6.07. The number of aliphatic carboxylic acids is 1. The van der Waals surface area contributed by atoms with Gasteiger partial charge in [0.1, 0.15) is 0 Å². The van der Waals surface area contributed by atoms with Crippen molar-refractivity contribution in [2.24, 2.45) is 5.92 Å². The molecule has 0 bridgehead atoms. The Bertz CT molecular complexity index is 714. The minimum atomic E-state index is -0.883. The molecule has 1 heterocycles. The van der Waals surface area contributed by atoms with Gasteiger partial charge in [-0.05, 0) is 25.5 Å². The van der Waals surface area contributed by atoms with Crippen LogP contribution >= 0.6 is 0 Å². The summed E-state index contributed by atoms with van der Waals surface area (Å²) in [5.41, 5.74) is 2.88. The largest absolute Gasteiger partial charge is 0.481 e. The van der Waals surface area contributed by atoms with Crippen LogP contribution in [0.15, 0.2) is 42.5 Å². The number of carboxylic acids is 1. The SMILES string of the molecule is CCCC(CNC(=O)c1ccc(-c2ccccc2)nc1C)C(=O)O. The molecule has 24 heavy (non-hydrogen) atoms. The van der Waals surface area contributed by atoms with Crippen molar-refractivity contribution in [1.29, 1.82) is 0 Å². The second-order valence-corrected chi connectivity index (χ2v) is 5.73. The van der Waals surface area contributed by atoms with Gasteiger partial charge in [0, 0.05) is 12.1 Å². The van der Waals surface area contributed by atoms with Crippen molar-refractivity contribution in [2.75, 3.05) is 6.54 Å². The lowest BCUT2D eigenvalue weighted by Gasteiger charge is -2.13. The molecule has 1 atom stereocenters. The first-order chi connectivity index (χ1) is 11.5. The standard InChI is InChI=1S/C19H22N2O3/c1-3-7-15(19(23)24)12-20-18(22)16-10-11-17(21-13(16)2)14-8-5-4-6-9-14/h4-6,8-11,15H,3,7,12H2,1-2H3,(H,20,22)(H,23,24). The Morgan fingerprint density at radius 3 is 2.46 bits per heavy atom. The van der Waals surface area contributed by atoms with Crippen molar-refractivity contribution in [1.82, 2.24) is 10.3 Å². The topological polar surface area (TPSA) is 79.3 Å². The normalized spacial score (nSPS) is 11.8. The van der Waals surface area contributed by atoms with Gasteiger partial charge in [-0.1, -0.05) is 43.7 Å². The zero-order valence-corrected chi connectivity index (χ0v) is 14.0. The van der Waals surface area contributed by atoms with E-state index in [0.717, 1.165) is 17.7 Å². The summed E-state index contributed by atoms with van der Waals surface area (Å²) in [4.78, 5) is 27.9. The summed E-state index contributed by atoms with van der Waals surface area (Å²) in [5.74, 6) is -1.73. The zero-order valence-electron chi connectivity index (χ0n) is 14.0. The van der Waals surface area contributed by atoms with E-state index in [-0.39, 0.29) is 12.5 Å². The van der Waals surface area contributed by atoms with E-state index in [9.17, 15) is 9.59 Å². The Labute approximate surface area is 141 Å². The number of nitrogens with zero attached hydrogens (tertiary/aromatic N) is 1. The van der Waals surface area contributed by atoms with Gasteiger partial charge in [0.25, 0.3) is 5.91 Å². The van der Waals surface area contributed by atoms with Crippen molar-refractivity contribution in [3.8, 4) is 11.3 Å². The number of pyridine rings is 1. The van der Waals surface area contributed by atoms with Gasteiger partial charge in [-0.15, -0.1) is 0 Å². The molecular formula is C19H22N2O3. The predicted molar refractivity (Wildman–Crippen MR) is 92.8 cm³/mol. The van der Waals surface area contributed by atoms with Crippen LogP contribution in [0.4, 0.5) is 0 Å². The fourth-order valence-corrected chi connectivity index (χ4v) is 2.54.